The number of pyridine rings is 1. The molecule has 0 aliphatic carbocycles. The van der Waals surface area contributed by atoms with Crippen molar-refractivity contribution < 1.29 is 36.5 Å². The topological polar surface area (TPSA) is 63.6 Å². The standard InChI is InChI=1S/C17H14BrF5N2O3/c18-10-1-2-11-12(6-10)27-4-3-16(11,8-26)25-14-13(28-15(19)20)5-9(7-24-14)17(21,22)23/h1-2,5-7,15,26H,3-4,8H2,(H,24,25). The second-order valence-corrected chi connectivity index (χ2v) is 6.97. The Bertz CT molecular complexity index is 865. The smallest absolute Gasteiger partial charge is 0.418 e. The Labute approximate surface area is 164 Å². The van der Waals surface area contributed by atoms with E-state index in [4.69, 9.17) is 4.74 Å². The molecule has 1 aliphatic heterocycles. The van der Waals surface area contributed by atoms with Crippen LogP contribution in [0, 0.1) is 0 Å². The van der Waals surface area contributed by atoms with Gasteiger partial charge in [0.25, 0.3) is 0 Å². The summed E-state index contributed by atoms with van der Waals surface area (Å²) in [5.41, 5.74) is -1.93. The minimum Gasteiger partial charge on any atom is -0.493 e. The highest BCUT2D eigenvalue weighted by molar-refractivity contribution is 9.10. The molecule has 3 rings (SSSR count). The Morgan fingerprint density at radius 1 is 1.32 bits per heavy atom. The number of benzene rings is 1. The minimum absolute atomic E-state index is 0.183. The zero-order valence-electron chi connectivity index (χ0n) is 14.1. The molecule has 11 heteroatoms. The van der Waals surface area contributed by atoms with Crippen LogP contribution in [0.1, 0.15) is 17.5 Å². The number of aliphatic hydroxyl groups excluding tert-OH is 1. The fraction of sp³-hybridized carbons (Fsp3) is 0.353. The average Bonchev–Trinajstić information content (AvgIpc) is 2.61. The Morgan fingerprint density at radius 2 is 2.07 bits per heavy atom. The number of alkyl halides is 5. The van der Waals surface area contributed by atoms with E-state index in [0.29, 0.717) is 23.6 Å². The molecule has 152 valence electrons. The van der Waals surface area contributed by atoms with Crippen molar-refractivity contribution in [2.24, 2.45) is 0 Å². The van der Waals surface area contributed by atoms with E-state index in [2.05, 4.69) is 31.0 Å². The normalized spacial score (nSPS) is 19.1. The summed E-state index contributed by atoms with van der Waals surface area (Å²) in [6.45, 7) is -3.65. The van der Waals surface area contributed by atoms with E-state index in [-0.39, 0.29) is 18.8 Å². The lowest BCUT2D eigenvalue weighted by atomic mass is 9.85. The lowest BCUT2D eigenvalue weighted by molar-refractivity contribution is -0.138. The van der Waals surface area contributed by atoms with Gasteiger partial charge in [0.15, 0.2) is 11.6 Å². The van der Waals surface area contributed by atoms with Gasteiger partial charge in [-0.15, -0.1) is 0 Å². The van der Waals surface area contributed by atoms with Crippen molar-refractivity contribution in [2.75, 3.05) is 18.5 Å². The Morgan fingerprint density at radius 3 is 2.71 bits per heavy atom. The summed E-state index contributed by atoms with van der Waals surface area (Å²) in [5, 5.41) is 12.8. The number of aliphatic hydroxyl groups is 1. The molecule has 0 saturated heterocycles. The van der Waals surface area contributed by atoms with E-state index in [1.165, 1.54) is 0 Å². The monoisotopic (exact) mass is 468 g/mol. The Balaban J connectivity index is 2.04. The Hall–Kier alpha value is -2.14. The number of hydrogen-bond donors (Lipinski definition) is 2. The largest absolute Gasteiger partial charge is 0.493 e. The number of anilines is 1. The van der Waals surface area contributed by atoms with Gasteiger partial charge in [0, 0.05) is 22.7 Å². The lowest BCUT2D eigenvalue weighted by Crippen LogP contribution is -2.43. The van der Waals surface area contributed by atoms with Crippen LogP contribution in [0.5, 0.6) is 11.5 Å². The van der Waals surface area contributed by atoms with E-state index in [0.717, 1.165) is 4.47 Å². The fourth-order valence-corrected chi connectivity index (χ4v) is 3.26. The van der Waals surface area contributed by atoms with Gasteiger partial charge in [-0.2, -0.15) is 22.0 Å². The molecule has 1 aliphatic rings. The van der Waals surface area contributed by atoms with E-state index >= 15 is 0 Å². The van der Waals surface area contributed by atoms with Gasteiger partial charge >= 0.3 is 12.8 Å². The number of nitrogens with zero attached hydrogens (tertiary/aromatic N) is 1. The SMILES string of the molecule is OCC1(Nc2ncc(C(F)(F)F)cc2OC(F)F)CCOc2cc(Br)ccc21. The molecule has 2 aromatic rings. The highest BCUT2D eigenvalue weighted by Crippen LogP contribution is 2.42. The molecule has 2 N–H and O–H groups in total. The maximum atomic E-state index is 12.9. The van der Waals surface area contributed by atoms with Crippen LogP contribution in [0.3, 0.4) is 0 Å². The number of hydrogen-bond acceptors (Lipinski definition) is 5. The van der Waals surface area contributed by atoms with Gasteiger partial charge in [0.2, 0.25) is 0 Å². The van der Waals surface area contributed by atoms with Crippen molar-refractivity contribution in [1.29, 1.82) is 0 Å². The third-order valence-corrected chi connectivity index (χ3v) is 4.76. The Kier molecular flexibility index (Phi) is 5.67. The molecular formula is C17H14BrF5N2O3. The molecule has 2 heterocycles. The average molecular weight is 469 g/mol. The molecule has 1 atom stereocenters. The molecule has 1 aromatic heterocycles. The predicted molar refractivity (Wildman–Crippen MR) is 92.5 cm³/mol. The first-order chi connectivity index (χ1) is 13.1. The summed E-state index contributed by atoms with van der Waals surface area (Å²) in [6.07, 6.45) is -4.06. The van der Waals surface area contributed by atoms with Crippen LogP contribution in [0.2, 0.25) is 0 Å². The van der Waals surface area contributed by atoms with Gasteiger partial charge in [-0.1, -0.05) is 22.0 Å². The van der Waals surface area contributed by atoms with Gasteiger partial charge < -0.3 is 19.9 Å². The van der Waals surface area contributed by atoms with Gasteiger partial charge in [-0.25, -0.2) is 4.98 Å². The zero-order valence-corrected chi connectivity index (χ0v) is 15.7. The molecule has 5 nitrogen and oxygen atoms in total. The van der Waals surface area contributed by atoms with Crippen molar-refractivity contribution in [3.8, 4) is 11.5 Å². The number of ether oxygens (including phenoxy) is 2. The van der Waals surface area contributed by atoms with Crippen molar-refractivity contribution in [1.82, 2.24) is 4.98 Å². The quantitative estimate of drug-likeness (QED) is 0.630. The summed E-state index contributed by atoms with van der Waals surface area (Å²) in [7, 11) is 0. The molecule has 28 heavy (non-hydrogen) atoms. The van der Waals surface area contributed by atoms with Gasteiger partial charge in [0.05, 0.1) is 24.3 Å². The van der Waals surface area contributed by atoms with Crippen molar-refractivity contribution in [3.05, 3.63) is 46.1 Å². The van der Waals surface area contributed by atoms with Crippen LogP contribution in [-0.4, -0.2) is 29.9 Å². The van der Waals surface area contributed by atoms with E-state index < -0.39 is 36.2 Å². The molecule has 0 saturated carbocycles. The molecule has 0 bridgehead atoms. The van der Waals surface area contributed by atoms with Crippen molar-refractivity contribution in [3.63, 3.8) is 0 Å². The van der Waals surface area contributed by atoms with Crippen LogP contribution in [0.4, 0.5) is 27.8 Å². The highest BCUT2D eigenvalue weighted by atomic mass is 79.9. The molecule has 0 radical (unpaired) electrons. The maximum absolute atomic E-state index is 12.9. The number of rotatable bonds is 5. The highest BCUT2D eigenvalue weighted by Gasteiger charge is 2.39. The second kappa shape index (κ2) is 7.70. The van der Waals surface area contributed by atoms with Gasteiger partial charge in [0.1, 0.15) is 5.75 Å². The van der Waals surface area contributed by atoms with Crippen LogP contribution in [0.15, 0.2) is 34.9 Å². The maximum Gasteiger partial charge on any atom is 0.418 e. The fourth-order valence-electron chi connectivity index (χ4n) is 2.92. The first-order valence-electron chi connectivity index (χ1n) is 7.98. The second-order valence-electron chi connectivity index (χ2n) is 6.05. The molecule has 1 aromatic carbocycles. The lowest BCUT2D eigenvalue weighted by Gasteiger charge is -2.39. The van der Waals surface area contributed by atoms with Crippen LogP contribution >= 0.6 is 15.9 Å². The zero-order chi connectivity index (χ0) is 20.5. The van der Waals surface area contributed by atoms with Crippen LogP contribution in [-0.2, 0) is 11.7 Å². The summed E-state index contributed by atoms with van der Waals surface area (Å²) < 4.78 is 74.7. The summed E-state index contributed by atoms with van der Waals surface area (Å²) in [6, 6.07) is 5.45. The van der Waals surface area contributed by atoms with Crippen LogP contribution in [0.25, 0.3) is 0 Å². The molecule has 0 amide bonds. The number of nitrogens with one attached hydrogen (secondary N) is 1. The van der Waals surface area contributed by atoms with E-state index in [1.54, 1.807) is 18.2 Å². The number of halogens is 6. The first-order valence-corrected chi connectivity index (χ1v) is 8.78. The molecular weight excluding hydrogens is 455 g/mol. The van der Waals surface area contributed by atoms with Gasteiger partial charge in [-0.3, -0.25) is 0 Å². The van der Waals surface area contributed by atoms with Crippen LogP contribution < -0.4 is 14.8 Å². The predicted octanol–water partition coefficient (Wildman–Crippen LogP) is 4.55. The van der Waals surface area contributed by atoms with Crippen molar-refractivity contribution in [2.45, 2.75) is 24.7 Å². The molecule has 1 unspecified atom stereocenters. The summed E-state index contributed by atoms with van der Waals surface area (Å²) >= 11 is 3.30. The van der Waals surface area contributed by atoms with E-state index in [1.807, 2.05) is 0 Å². The third-order valence-electron chi connectivity index (χ3n) is 4.27. The number of aromatic nitrogens is 1. The van der Waals surface area contributed by atoms with Crippen molar-refractivity contribution >= 4 is 21.7 Å². The molecule has 0 fully saturated rings. The number of fused-ring (bicyclic) bond motifs is 1. The third kappa shape index (κ3) is 4.14. The van der Waals surface area contributed by atoms with Gasteiger partial charge in [-0.05, 0) is 18.2 Å². The molecule has 0 spiro atoms. The minimum atomic E-state index is -4.78. The summed E-state index contributed by atoms with van der Waals surface area (Å²) in [5.74, 6) is -0.689. The summed E-state index contributed by atoms with van der Waals surface area (Å²) in [4.78, 5) is 3.63. The first kappa shape index (κ1) is 20.6. The van der Waals surface area contributed by atoms with E-state index in [9.17, 15) is 27.1 Å².